The van der Waals surface area contributed by atoms with E-state index in [4.69, 9.17) is 10.2 Å². The minimum absolute atomic E-state index is 0.213. The Balaban J connectivity index is 1.66. The van der Waals surface area contributed by atoms with Gasteiger partial charge in [0.05, 0.1) is 17.3 Å². The van der Waals surface area contributed by atoms with Crippen molar-refractivity contribution in [2.24, 2.45) is 5.41 Å². The minimum Gasteiger partial charge on any atom is -0.345 e. The van der Waals surface area contributed by atoms with Gasteiger partial charge in [0, 0.05) is 42.5 Å². The molecule has 1 fully saturated rings. The summed E-state index contributed by atoms with van der Waals surface area (Å²) in [5.41, 5.74) is 2.27. The Hall–Kier alpha value is -2.39. The fraction of sp³-hybridized carbons (Fsp3) is 0.421. The lowest BCUT2D eigenvalue weighted by Gasteiger charge is -2.37. The van der Waals surface area contributed by atoms with Crippen LogP contribution in [-0.4, -0.2) is 42.0 Å². The van der Waals surface area contributed by atoms with Gasteiger partial charge in [0.1, 0.15) is 0 Å². The normalized spacial score (nSPS) is 15.1. The standard InChI is InChI=1S/C19H22N4OS/c1-19(2,3)17(24)22-8-10-23(11-9-22)18-21-16(13-25-18)15-6-4-14(12-20)5-7-15/h4-7,13H,8-11H2,1-3H3. The monoisotopic (exact) mass is 354 g/mol. The molecule has 1 aromatic heterocycles. The van der Waals surface area contributed by atoms with E-state index in [0.29, 0.717) is 5.56 Å². The molecule has 2 heterocycles. The van der Waals surface area contributed by atoms with Gasteiger partial charge in [-0.2, -0.15) is 5.26 Å². The summed E-state index contributed by atoms with van der Waals surface area (Å²) < 4.78 is 0. The largest absolute Gasteiger partial charge is 0.345 e. The van der Waals surface area contributed by atoms with E-state index >= 15 is 0 Å². The predicted octanol–water partition coefficient (Wildman–Crippen LogP) is 3.38. The summed E-state index contributed by atoms with van der Waals surface area (Å²) in [6, 6.07) is 9.61. The zero-order valence-corrected chi connectivity index (χ0v) is 15.6. The highest BCUT2D eigenvalue weighted by Gasteiger charge is 2.30. The Labute approximate surface area is 152 Å². The molecule has 6 heteroatoms. The molecule has 25 heavy (non-hydrogen) atoms. The van der Waals surface area contributed by atoms with Crippen LogP contribution in [0.1, 0.15) is 26.3 Å². The van der Waals surface area contributed by atoms with Gasteiger partial charge in [-0.05, 0) is 12.1 Å². The second-order valence-electron chi connectivity index (χ2n) is 7.23. The van der Waals surface area contributed by atoms with E-state index in [9.17, 15) is 4.79 Å². The number of carbonyl (C=O) groups excluding carboxylic acids is 1. The van der Waals surface area contributed by atoms with Crippen molar-refractivity contribution in [1.82, 2.24) is 9.88 Å². The number of carbonyl (C=O) groups is 1. The van der Waals surface area contributed by atoms with Crippen molar-refractivity contribution < 1.29 is 4.79 Å². The van der Waals surface area contributed by atoms with Crippen LogP contribution in [0.5, 0.6) is 0 Å². The molecule has 1 saturated heterocycles. The number of aromatic nitrogens is 1. The van der Waals surface area contributed by atoms with E-state index in [0.717, 1.165) is 42.6 Å². The van der Waals surface area contributed by atoms with Gasteiger partial charge in [0.15, 0.2) is 5.13 Å². The van der Waals surface area contributed by atoms with Crippen LogP contribution in [0.25, 0.3) is 11.3 Å². The molecule has 0 N–H and O–H groups in total. The Bertz CT molecular complexity index is 790. The number of anilines is 1. The maximum absolute atomic E-state index is 12.4. The molecular weight excluding hydrogens is 332 g/mol. The van der Waals surface area contributed by atoms with Crippen molar-refractivity contribution in [2.75, 3.05) is 31.1 Å². The zero-order valence-electron chi connectivity index (χ0n) is 14.8. The van der Waals surface area contributed by atoms with Crippen molar-refractivity contribution in [3.05, 3.63) is 35.2 Å². The van der Waals surface area contributed by atoms with Crippen LogP contribution in [-0.2, 0) is 4.79 Å². The first kappa shape index (κ1) is 17.4. The third-order valence-electron chi connectivity index (χ3n) is 4.28. The number of rotatable bonds is 2. The lowest BCUT2D eigenvalue weighted by atomic mass is 9.94. The summed E-state index contributed by atoms with van der Waals surface area (Å²) in [5.74, 6) is 0.213. The molecule has 0 saturated carbocycles. The Morgan fingerprint density at radius 1 is 1.16 bits per heavy atom. The summed E-state index contributed by atoms with van der Waals surface area (Å²) in [6.45, 7) is 8.99. The van der Waals surface area contributed by atoms with E-state index in [1.807, 2.05) is 55.3 Å². The average molecular weight is 354 g/mol. The van der Waals surface area contributed by atoms with Crippen LogP contribution in [0.4, 0.5) is 5.13 Å². The molecule has 0 aliphatic carbocycles. The Morgan fingerprint density at radius 2 is 1.80 bits per heavy atom. The van der Waals surface area contributed by atoms with E-state index < -0.39 is 0 Å². The average Bonchev–Trinajstić information content (AvgIpc) is 3.10. The van der Waals surface area contributed by atoms with Crippen LogP contribution in [0.15, 0.2) is 29.6 Å². The van der Waals surface area contributed by atoms with Gasteiger partial charge in [-0.1, -0.05) is 32.9 Å². The summed E-state index contributed by atoms with van der Waals surface area (Å²) >= 11 is 1.62. The summed E-state index contributed by atoms with van der Waals surface area (Å²) in [6.07, 6.45) is 0. The first-order chi connectivity index (χ1) is 11.9. The number of benzene rings is 1. The molecule has 1 aliphatic rings. The number of nitrogens with zero attached hydrogens (tertiary/aromatic N) is 4. The highest BCUT2D eigenvalue weighted by atomic mass is 32.1. The van der Waals surface area contributed by atoms with E-state index in [-0.39, 0.29) is 11.3 Å². The fourth-order valence-electron chi connectivity index (χ4n) is 2.83. The minimum atomic E-state index is -0.327. The molecule has 0 radical (unpaired) electrons. The third kappa shape index (κ3) is 3.83. The van der Waals surface area contributed by atoms with Crippen LogP contribution >= 0.6 is 11.3 Å². The smallest absolute Gasteiger partial charge is 0.228 e. The summed E-state index contributed by atoms with van der Waals surface area (Å²) in [7, 11) is 0. The molecule has 1 amide bonds. The fourth-order valence-corrected chi connectivity index (χ4v) is 3.72. The van der Waals surface area contributed by atoms with Gasteiger partial charge < -0.3 is 9.80 Å². The molecule has 3 rings (SSSR count). The van der Waals surface area contributed by atoms with Crippen LogP contribution < -0.4 is 4.90 Å². The molecule has 130 valence electrons. The maximum atomic E-state index is 12.4. The second kappa shape index (κ2) is 6.85. The molecule has 1 aliphatic heterocycles. The molecule has 0 atom stereocenters. The molecule has 2 aromatic rings. The molecule has 0 spiro atoms. The quantitative estimate of drug-likeness (QED) is 0.829. The Morgan fingerprint density at radius 3 is 2.36 bits per heavy atom. The number of hydrogen-bond donors (Lipinski definition) is 0. The first-order valence-corrected chi connectivity index (χ1v) is 9.27. The lowest BCUT2D eigenvalue weighted by molar-refractivity contribution is -0.139. The predicted molar refractivity (Wildman–Crippen MR) is 101 cm³/mol. The summed E-state index contributed by atoms with van der Waals surface area (Å²) in [5, 5.41) is 11.9. The summed E-state index contributed by atoms with van der Waals surface area (Å²) in [4.78, 5) is 21.3. The van der Waals surface area contributed by atoms with E-state index in [1.54, 1.807) is 11.3 Å². The van der Waals surface area contributed by atoms with Crippen LogP contribution in [0.3, 0.4) is 0 Å². The number of piperazine rings is 1. The maximum Gasteiger partial charge on any atom is 0.228 e. The number of thiazole rings is 1. The van der Waals surface area contributed by atoms with E-state index in [2.05, 4.69) is 11.0 Å². The molecule has 0 unspecified atom stereocenters. The van der Waals surface area contributed by atoms with Gasteiger partial charge >= 0.3 is 0 Å². The third-order valence-corrected chi connectivity index (χ3v) is 5.18. The van der Waals surface area contributed by atoms with Crippen molar-refractivity contribution in [3.63, 3.8) is 0 Å². The van der Waals surface area contributed by atoms with Gasteiger partial charge in [-0.15, -0.1) is 11.3 Å². The number of nitriles is 1. The van der Waals surface area contributed by atoms with Gasteiger partial charge in [-0.3, -0.25) is 4.79 Å². The highest BCUT2D eigenvalue weighted by molar-refractivity contribution is 7.14. The van der Waals surface area contributed by atoms with Crippen molar-refractivity contribution in [2.45, 2.75) is 20.8 Å². The Kier molecular flexibility index (Phi) is 4.78. The van der Waals surface area contributed by atoms with Gasteiger partial charge in [-0.25, -0.2) is 4.98 Å². The zero-order chi connectivity index (χ0) is 18.0. The molecule has 1 aromatic carbocycles. The first-order valence-electron chi connectivity index (χ1n) is 8.39. The van der Waals surface area contributed by atoms with Gasteiger partial charge in [0.2, 0.25) is 5.91 Å². The topological polar surface area (TPSA) is 60.2 Å². The number of hydrogen-bond acceptors (Lipinski definition) is 5. The SMILES string of the molecule is CC(C)(C)C(=O)N1CCN(c2nc(-c3ccc(C#N)cc3)cs2)CC1. The van der Waals surface area contributed by atoms with E-state index in [1.165, 1.54) is 0 Å². The molecule has 5 nitrogen and oxygen atoms in total. The van der Waals surface area contributed by atoms with Crippen molar-refractivity contribution >= 4 is 22.4 Å². The van der Waals surface area contributed by atoms with Crippen LogP contribution in [0, 0.1) is 16.7 Å². The van der Waals surface area contributed by atoms with Gasteiger partial charge in [0.25, 0.3) is 0 Å². The second-order valence-corrected chi connectivity index (χ2v) is 8.07. The molecular formula is C19H22N4OS. The lowest BCUT2D eigenvalue weighted by Crippen LogP contribution is -2.51. The van der Waals surface area contributed by atoms with Crippen molar-refractivity contribution in [3.8, 4) is 17.3 Å². The van der Waals surface area contributed by atoms with Crippen molar-refractivity contribution in [1.29, 1.82) is 5.26 Å². The van der Waals surface area contributed by atoms with Crippen LogP contribution in [0.2, 0.25) is 0 Å². The highest BCUT2D eigenvalue weighted by Crippen LogP contribution is 2.29. The molecule has 0 bridgehead atoms. The number of amides is 1.